The number of rotatable bonds is 3. The van der Waals surface area contributed by atoms with Crippen molar-refractivity contribution in [3.8, 4) is 0 Å². The number of fused-ring (bicyclic) bond motifs is 2. The number of aromatic nitrogens is 1. The number of ether oxygens (including phenoxy) is 1. The van der Waals surface area contributed by atoms with E-state index in [0.717, 1.165) is 0 Å². The zero-order chi connectivity index (χ0) is 13.6. The number of anilines is 1. The summed E-state index contributed by atoms with van der Waals surface area (Å²) in [5.41, 5.74) is 0. The molecule has 2 bridgehead atoms. The van der Waals surface area contributed by atoms with Gasteiger partial charge < -0.3 is 19.7 Å². The van der Waals surface area contributed by atoms with Crippen LogP contribution in [0.3, 0.4) is 0 Å². The van der Waals surface area contributed by atoms with E-state index in [1.165, 1.54) is 0 Å². The highest BCUT2D eigenvalue weighted by atomic mass is 16.5. The van der Waals surface area contributed by atoms with Crippen LogP contribution in [0.15, 0.2) is 22.7 Å². The third kappa shape index (κ3) is 1.91. The summed E-state index contributed by atoms with van der Waals surface area (Å²) < 4.78 is 10.3. The Morgan fingerprint density at radius 3 is 2.58 bits per heavy atom. The van der Waals surface area contributed by atoms with Crippen LogP contribution in [0.4, 0.5) is 5.82 Å². The molecule has 7 nitrogen and oxygen atoms in total. The van der Waals surface area contributed by atoms with Gasteiger partial charge in [0.25, 0.3) is 0 Å². The zero-order valence-corrected chi connectivity index (χ0v) is 10.1. The Labute approximate surface area is 108 Å². The van der Waals surface area contributed by atoms with E-state index in [0.29, 0.717) is 5.76 Å². The molecule has 100 valence electrons. The first-order valence-corrected chi connectivity index (χ1v) is 5.87. The first kappa shape index (κ1) is 11.9. The van der Waals surface area contributed by atoms with Crippen LogP contribution < -0.4 is 5.32 Å². The predicted octanol–water partition coefficient (Wildman–Crippen LogP) is 0.576. The number of hydrogen-bond donors (Lipinski definition) is 2. The molecular formula is C12H12N2O5. The van der Waals surface area contributed by atoms with Gasteiger partial charge in [-0.25, -0.2) is 0 Å². The predicted molar refractivity (Wildman–Crippen MR) is 62.3 cm³/mol. The third-order valence-corrected chi connectivity index (χ3v) is 3.37. The summed E-state index contributed by atoms with van der Waals surface area (Å²) in [7, 11) is 0. The van der Waals surface area contributed by atoms with Crippen molar-refractivity contribution in [1.82, 2.24) is 5.16 Å². The van der Waals surface area contributed by atoms with E-state index in [9.17, 15) is 14.7 Å². The van der Waals surface area contributed by atoms with E-state index in [4.69, 9.17) is 9.26 Å². The topological polar surface area (TPSA) is 102 Å². The Morgan fingerprint density at radius 2 is 2.00 bits per heavy atom. The van der Waals surface area contributed by atoms with Gasteiger partial charge in [0.05, 0.1) is 18.1 Å². The minimum atomic E-state index is -1.03. The van der Waals surface area contributed by atoms with Gasteiger partial charge in [-0.1, -0.05) is 17.3 Å². The number of aryl methyl sites for hydroxylation is 1. The number of nitrogens with one attached hydrogen (secondary N) is 1. The molecule has 0 aromatic carbocycles. The molecule has 1 amide bonds. The smallest absolute Gasteiger partial charge is 0.310 e. The van der Waals surface area contributed by atoms with Crippen LogP contribution in [0.2, 0.25) is 0 Å². The van der Waals surface area contributed by atoms with Gasteiger partial charge in [0.1, 0.15) is 11.7 Å². The summed E-state index contributed by atoms with van der Waals surface area (Å²) in [4.78, 5) is 23.4. The van der Waals surface area contributed by atoms with Crippen molar-refractivity contribution >= 4 is 17.7 Å². The van der Waals surface area contributed by atoms with E-state index in [-0.39, 0.29) is 5.82 Å². The second-order valence-corrected chi connectivity index (χ2v) is 4.65. The Hall–Kier alpha value is -2.15. The van der Waals surface area contributed by atoms with Gasteiger partial charge >= 0.3 is 5.97 Å². The normalized spacial score (nSPS) is 31.6. The Bertz CT molecular complexity index is 564. The molecule has 4 atom stereocenters. The highest BCUT2D eigenvalue weighted by molar-refractivity contribution is 5.96. The number of aliphatic carboxylic acids is 1. The Kier molecular flexibility index (Phi) is 2.63. The lowest BCUT2D eigenvalue weighted by atomic mass is 9.82. The number of carbonyl (C=O) groups excluding carboxylic acids is 1. The maximum Gasteiger partial charge on any atom is 0.310 e. The molecule has 3 rings (SSSR count). The maximum atomic E-state index is 12.2. The van der Waals surface area contributed by atoms with Gasteiger partial charge in [0.15, 0.2) is 5.82 Å². The first-order valence-electron chi connectivity index (χ1n) is 5.87. The van der Waals surface area contributed by atoms with Gasteiger partial charge in [-0.2, -0.15) is 0 Å². The summed E-state index contributed by atoms with van der Waals surface area (Å²) in [6, 6.07) is 1.57. The van der Waals surface area contributed by atoms with Crippen LogP contribution in [0.25, 0.3) is 0 Å². The number of amides is 1. The van der Waals surface area contributed by atoms with E-state index >= 15 is 0 Å². The molecule has 2 aliphatic rings. The first-order chi connectivity index (χ1) is 9.06. The van der Waals surface area contributed by atoms with Crippen LogP contribution in [0.1, 0.15) is 5.76 Å². The molecule has 1 saturated heterocycles. The maximum absolute atomic E-state index is 12.2. The second kappa shape index (κ2) is 4.20. The van der Waals surface area contributed by atoms with Crippen molar-refractivity contribution in [2.75, 3.05) is 5.32 Å². The second-order valence-electron chi connectivity index (χ2n) is 4.65. The molecule has 0 aliphatic carbocycles. The number of carboxylic acid groups (broad SMARTS) is 1. The Balaban J connectivity index is 1.79. The number of carbonyl (C=O) groups is 2. The van der Waals surface area contributed by atoms with E-state index in [1.54, 1.807) is 25.1 Å². The fraction of sp³-hybridized carbons (Fsp3) is 0.417. The highest BCUT2D eigenvalue weighted by Crippen LogP contribution is 2.39. The monoisotopic (exact) mass is 264 g/mol. The van der Waals surface area contributed by atoms with Crippen molar-refractivity contribution in [1.29, 1.82) is 0 Å². The molecule has 7 heteroatoms. The fourth-order valence-corrected chi connectivity index (χ4v) is 2.55. The van der Waals surface area contributed by atoms with Crippen molar-refractivity contribution < 1.29 is 24.0 Å². The summed E-state index contributed by atoms with van der Waals surface area (Å²) >= 11 is 0. The average Bonchev–Trinajstić information content (AvgIpc) is 3.03. The standard InChI is InChI=1S/C12H12N2O5/c1-5-4-8(14-19-5)13-11(15)9-6-2-3-7(18-6)10(9)12(16)17/h2-4,6-7,9-10H,1H3,(H,16,17)(H,13,14,15)/t6-,7+,9-,10+/m1/s1. The van der Waals surface area contributed by atoms with E-state index < -0.39 is 35.9 Å². The lowest BCUT2D eigenvalue weighted by molar-refractivity contribution is -0.145. The van der Waals surface area contributed by atoms with E-state index in [1.807, 2.05) is 0 Å². The van der Waals surface area contributed by atoms with Crippen LogP contribution in [0.5, 0.6) is 0 Å². The summed E-state index contributed by atoms with van der Waals surface area (Å²) in [6.07, 6.45) is 2.40. The fourth-order valence-electron chi connectivity index (χ4n) is 2.55. The van der Waals surface area contributed by atoms with Crippen LogP contribution in [-0.2, 0) is 14.3 Å². The SMILES string of the molecule is Cc1cc(NC(=O)[C@H]2[C@@H](C(=O)O)[C@@H]3C=C[C@H]2O3)no1. The van der Waals surface area contributed by atoms with Crippen LogP contribution in [-0.4, -0.2) is 34.3 Å². The third-order valence-electron chi connectivity index (χ3n) is 3.37. The van der Waals surface area contributed by atoms with Crippen molar-refractivity contribution in [2.24, 2.45) is 11.8 Å². The molecular weight excluding hydrogens is 252 g/mol. The van der Waals surface area contributed by atoms with Gasteiger partial charge in [0, 0.05) is 6.07 Å². The molecule has 0 unspecified atom stereocenters. The molecule has 1 aromatic heterocycles. The van der Waals surface area contributed by atoms with Crippen LogP contribution in [0, 0.1) is 18.8 Å². The van der Waals surface area contributed by atoms with Crippen LogP contribution >= 0.6 is 0 Å². The summed E-state index contributed by atoms with van der Waals surface area (Å²) in [6.45, 7) is 1.70. The average molecular weight is 264 g/mol. The molecule has 2 N–H and O–H groups in total. The van der Waals surface area contributed by atoms with Gasteiger partial charge in [-0.15, -0.1) is 0 Å². The molecule has 0 saturated carbocycles. The summed E-state index contributed by atoms with van der Waals surface area (Å²) in [5.74, 6) is -2.22. The quantitative estimate of drug-likeness (QED) is 0.774. The van der Waals surface area contributed by atoms with Gasteiger partial charge in [0.2, 0.25) is 5.91 Å². The lowest BCUT2D eigenvalue weighted by Crippen LogP contribution is -2.39. The van der Waals surface area contributed by atoms with Gasteiger partial charge in [-0.3, -0.25) is 9.59 Å². The molecule has 1 fully saturated rings. The number of carboxylic acids is 1. The molecule has 0 radical (unpaired) electrons. The highest BCUT2D eigenvalue weighted by Gasteiger charge is 2.53. The van der Waals surface area contributed by atoms with Crippen molar-refractivity contribution in [3.05, 3.63) is 24.0 Å². The number of hydrogen-bond acceptors (Lipinski definition) is 5. The molecule has 1 aromatic rings. The molecule has 3 heterocycles. The van der Waals surface area contributed by atoms with Crippen molar-refractivity contribution in [2.45, 2.75) is 19.1 Å². The van der Waals surface area contributed by atoms with E-state index in [2.05, 4.69) is 10.5 Å². The molecule has 0 spiro atoms. The minimum absolute atomic E-state index is 0.276. The lowest BCUT2D eigenvalue weighted by Gasteiger charge is -2.20. The van der Waals surface area contributed by atoms with Gasteiger partial charge in [-0.05, 0) is 6.92 Å². The van der Waals surface area contributed by atoms with Crippen molar-refractivity contribution in [3.63, 3.8) is 0 Å². The number of nitrogens with zero attached hydrogens (tertiary/aromatic N) is 1. The minimum Gasteiger partial charge on any atom is -0.481 e. The molecule has 2 aliphatic heterocycles. The molecule has 19 heavy (non-hydrogen) atoms. The summed E-state index contributed by atoms with van der Waals surface area (Å²) in [5, 5.41) is 15.4. The Morgan fingerprint density at radius 1 is 1.32 bits per heavy atom. The zero-order valence-electron chi connectivity index (χ0n) is 10.1. The largest absolute Gasteiger partial charge is 0.481 e.